The number of anilines is 1. The molecule has 0 spiro atoms. The average Bonchev–Trinajstić information content (AvgIpc) is 3.05. The highest BCUT2D eigenvalue weighted by atomic mass is 35.5. The third kappa shape index (κ3) is 3.13. The topological polar surface area (TPSA) is 54.0 Å². The molecule has 1 aromatic rings. The molecule has 1 amide bonds. The Hall–Kier alpha value is -1.29. The zero-order valence-electron chi connectivity index (χ0n) is 10.7. The van der Waals surface area contributed by atoms with Crippen molar-refractivity contribution >= 4 is 23.3 Å². The molecule has 1 saturated carbocycles. The van der Waals surface area contributed by atoms with Gasteiger partial charge in [0.2, 0.25) is 0 Å². The van der Waals surface area contributed by atoms with E-state index in [-0.39, 0.29) is 5.91 Å². The van der Waals surface area contributed by atoms with Crippen LogP contribution in [0.4, 0.5) is 5.82 Å². The Morgan fingerprint density at radius 1 is 1.61 bits per heavy atom. The third-order valence-electron chi connectivity index (χ3n) is 3.26. The fourth-order valence-corrected chi connectivity index (χ4v) is 2.08. The Bertz CT molecular complexity index is 450. The number of carbonyl (C=O) groups excluding carboxylic acids is 1. The van der Waals surface area contributed by atoms with Crippen LogP contribution >= 0.6 is 11.6 Å². The van der Waals surface area contributed by atoms with Crippen LogP contribution in [0.15, 0.2) is 12.3 Å². The first kappa shape index (κ1) is 13.1. The number of rotatable bonds is 5. The number of nitrogens with one attached hydrogen (secondary N) is 2. The molecule has 4 nitrogen and oxygen atoms in total. The lowest BCUT2D eigenvalue weighted by molar-refractivity contribution is 0.0951. The molecule has 1 fully saturated rings. The molecule has 0 aliphatic heterocycles. The molecule has 18 heavy (non-hydrogen) atoms. The summed E-state index contributed by atoms with van der Waals surface area (Å²) in [6.45, 7) is 5.66. The summed E-state index contributed by atoms with van der Waals surface area (Å²) in [6, 6.07) is 1.69. The predicted molar refractivity (Wildman–Crippen MR) is 73.0 cm³/mol. The number of hydrogen-bond donors (Lipinski definition) is 2. The SMILES string of the molecule is CCNc1cc(C(=O)NCC2CC2C)c(Cl)cn1. The van der Waals surface area contributed by atoms with Crippen LogP contribution < -0.4 is 10.6 Å². The molecule has 5 heteroatoms. The van der Waals surface area contributed by atoms with Gasteiger partial charge in [0.25, 0.3) is 5.91 Å². The van der Waals surface area contributed by atoms with Crippen LogP contribution in [0.3, 0.4) is 0 Å². The fraction of sp³-hybridized carbons (Fsp3) is 0.538. The van der Waals surface area contributed by atoms with Gasteiger partial charge < -0.3 is 10.6 Å². The van der Waals surface area contributed by atoms with E-state index in [2.05, 4.69) is 22.5 Å². The minimum Gasteiger partial charge on any atom is -0.370 e. The van der Waals surface area contributed by atoms with Crippen LogP contribution in [0.5, 0.6) is 0 Å². The Morgan fingerprint density at radius 2 is 2.33 bits per heavy atom. The molecule has 0 radical (unpaired) electrons. The second kappa shape index (κ2) is 5.57. The number of carbonyl (C=O) groups is 1. The number of pyridine rings is 1. The first-order chi connectivity index (χ1) is 8.61. The van der Waals surface area contributed by atoms with Crippen molar-refractivity contribution in [3.05, 3.63) is 22.8 Å². The van der Waals surface area contributed by atoms with E-state index in [0.29, 0.717) is 22.3 Å². The Kier molecular flexibility index (Phi) is 4.07. The molecular formula is C13H18ClN3O. The van der Waals surface area contributed by atoms with Crippen molar-refractivity contribution in [1.29, 1.82) is 0 Å². The van der Waals surface area contributed by atoms with Crippen LogP contribution in [-0.4, -0.2) is 24.0 Å². The van der Waals surface area contributed by atoms with Crippen LogP contribution in [0.25, 0.3) is 0 Å². The van der Waals surface area contributed by atoms with Crippen molar-refractivity contribution in [2.75, 3.05) is 18.4 Å². The van der Waals surface area contributed by atoms with E-state index >= 15 is 0 Å². The first-order valence-electron chi connectivity index (χ1n) is 6.29. The summed E-state index contributed by atoms with van der Waals surface area (Å²) >= 11 is 6.00. The molecule has 0 saturated heterocycles. The number of halogens is 1. The molecule has 2 unspecified atom stereocenters. The second-order valence-corrected chi connectivity index (χ2v) is 5.17. The van der Waals surface area contributed by atoms with E-state index in [1.54, 1.807) is 6.07 Å². The van der Waals surface area contributed by atoms with Crippen molar-refractivity contribution in [2.45, 2.75) is 20.3 Å². The Morgan fingerprint density at radius 3 is 2.94 bits per heavy atom. The van der Waals surface area contributed by atoms with Gasteiger partial charge >= 0.3 is 0 Å². The summed E-state index contributed by atoms with van der Waals surface area (Å²) in [6.07, 6.45) is 2.71. The number of aromatic nitrogens is 1. The minimum atomic E-state index is -0.124. The van der Waals surface area contributed by atoms with Gasteiger partial charge in [-0.05, 0) is 31.2 Å². The van der Waals surface area contributed by atoms with E-state index in [9.17, 15) is 4.79 Å². The van der Waals surface area contributed by atoms with Crippen LogP contribution in [0.1, 0.15) is 30.6 Å². The van der Waals surface area contributed by atoms with E-state index in [4.69, 9.17) is 11.6 Å². The summed E-state index contributed by atoms with van der Waals surface area (Å²) in [5.41, 5.74) is 0.482. The standard InChI is InChI=1S/C13H18ClN3O/c1-3-15-12-5-10(11(14)7-16-12)13(18)17-6-9-4-8(9)2/h5,7-9H,3-4,6H2,1-2H3,(H,15,16)(H,17,18). The van der Waals surface area contributed by atoms with Gasteiger partial charge in [-0.2, -0.15) is 0 Å². The van der Waals surface area contributed by atoms with Gasteiger partial charge in [-0.3, -0.25) is 4.79 Å². The maximum atomic E-state index is 12.0. The van der Waals surface area contributed by atoms with Crippen molar-refractivity contribution < 1.29 is 4.79 Å². The van der Waals surface area contributed by atoms with Gasteiger partial charge in [0.1, 0.15) is 5.82 Å². The highest BCUT2D eigenvalue weighted by Crippen LogP contribution is 2.36. The predicted octanol–water partition coefficient (Wildman–Crippen LogP) is 2.55. The summed E-state index contributed by atoms with van der Waals surface area (Å²) in [5.74, 6) is 1.91. The molecule has 2 rings (SSSR count). The van der Waals surface area contributed by atoms with Gasteiger partial charge in [0.15, 0.2) is 0 Å². The summed E-state index contributed by atoms with van der Waals surface area (Å²) in [7, 11) is 0. The Balaban J connectivity index is 2.01. The lowest BCUT2D eigenvalue weighted by Gasteiger charge is -2.08. The zero-order chi connectivity index (χ0) is 13.1. The van der Waals surface area contributed by atoms with Crippen molar-refractivity contribution in [3.63, 3.8) is 0 Å². The van der Waals surface area contributed by atoms with Gasteiger partial charge in [-0.1, -0.05) is 18.5 Å². The van der Waals surface area contributed by atoms with Crippen LogP contribution in [-0.2, 0) is 0 Å². The maximum Gasteiger partial charge on any atom is 0.253 e. The highest BCUT2D eigenvalue weighted by molar-refractivity contribution is 6.33. The molecule has 1 aliphatic carbocycles. The van der Waals surface area contributed by atoms with Crippen LogP contribution in [0, 0.1) is 11.8 Å². The molecule has 98 valence electrons. The molecule has 1 aliphatic rings. The molecule has 1 heterocycles. The lowest BCUT2D eigenvalue weighted by atomic mass is 10.2. The van der Waals surface area contributed by atoms with E-state index in [1.807, 2.05) is 6.92 Å². The van der Waals surface area contributed by atoms with Crippen molar-refractivity contribution in [3.8, 4) is 0 Å². The average molecular weight is 268 g/mol. The molecule has 2 atom stereocenters. The molecule has 0 aromatic carbocycles. The van der Waals surface area contributed by atoms with Gasteiger partial charge in [0.05, 0.1) is 10.6 Å². The van der Waals surface area contributed by atoms with E-state index in [1.165, 1.54) is 12.6 Å². The molecule has 2 N–H and O–H groups in total. The van der Waals surface area contributed by atoms with Crippen LogP contribution in [0.2, 0.25) is 5.02 Å². The smallest absolute Gasteiger partial charge is 0.253 e. The van der Waals surface area contributed by atoms with E-state index in [0.717, 1.165) is 19.0 Å². The Labute approximate surface area is 112 Å². The first-order valence-corrected chi connectivity index (χ1v) is 6.67. The summed E-state index contributed by atoms with van der Waals surface area (Å²) in [5, 5.41) is 6.37. The van der Waals surface area contributed by atoms with Crippen molar-refractivity contribution in [1.82, 2.24) is 10.3 Å². The second-order valence-electron chi connectivity index (χ2n) is 4.76. The fourth-order valence-electron chi connectivity index (χ4n) is 1.89. The summed E-state index contributed by atoms with van der Waals surface area (Å²) in [4.78, 5) is 16.1. The quantitative estimate of drug-likeness (QED) is 0.862. The minimum absolute atomic E-state index is 0.124. The molecule has 0 bridgehead atoms. The number of hydrogen-bond acceptors (Lipinski definition) is 3. The maximum absolute atomic E-state index is 12.0. The summed E-state index contributed by atoms with van der Waals surface area (Å²) < 4.78 is 0. The largest absolute Gasteiger partial charge is 0.370 e. The molecule has 1 aromatic heterocycles. The third-order valence-corrected chi connectivity index (χ3v) is 3.56. The monoisotopic (exact) mass is 267 g/mol. The van der Waals surface area contributed by atoms with Gasteiger partial charge in [-0.25, -0.2) is 4.98 Å². The lowest BCUT2D eigenvalue weighted by Crippen LogP contribution is -2.26. The zero-order valence-corrected chi connectivity index (χ0v) is 11.4. The number of amides is 1. The normalized spacial score (nSPS) is 21.5. The number of nitrogens with zero attached hydrogens (tertiary/aromatic N) is 1. The highest BCUT2D eigenvalue weighted by Gasteiger charge is 2.32. The van der Waals surface area contributed by atoms with Gasteiger partial charge in [-0.15, -0.1) is 0 Å². The molecular weight excluding hydrogens is 250 g/mol. The van der Waals surface area contributed by atoms with Crippen molar-refractivity contribution in [2.24, 2.45) is 11.8 Å². The van der Waals surface area contributed by atoms with E-state index < -0.39 is 0 Å². The van der Waals surface area contributed by atoms with Gasteiger partial charge in [0, 0.05) is 19.3 Å².